The van der Waals surface area contributed by atoms with E-state index in [1.165, 1.54) is 24.3 Å². The fraction of sp³-hybridized carbons (Fsp3) is 0.278. The summed E-state index contributed by atoms with van der Waals surface area (Å²) in [4.78, 5) is 12.5. The third-order valence-corrected chi connectivity index (χ3v) is 6.21. The van der Waals surface area contributed by atoms with Gasteiger partial charge < -0.3 is 15.2 Å². The number of β-amino-alcohol motifs (C(OH)–C–C–N with tert-alkyl or cyclic N) is 1. The maximum absolute atomic E-state index is 13.1. The van der Waals surface area contributed by atoms with Crippen LogP contribution in [0.3, 0.4) is 0 Å². The van der Waals surface area contributed by atoms with Gasteiger partial charge in [0.1, 0.15) is 17.6 Å². The summed E-state index contributed by atoms with van der Waals surface area (Å²) in [5, 5.41) is 12.3. The number of alkyl halides is 2. The molecule has 29 heavy (non-hydrogen) atoms. The molecule has 0 aromatic heterocycles. The number of benzene rings is 2. The van der Waals surface area contributed by atoms with E-state index in [4.69, 9.17) is 0 Å². The van der Waals surface area contributed by atoms with Crippen molar-refractivity contribution in [1.82, 2.24) is 4.31 Å². The number of hydrogen-bond donors (Lipinski definition) is 2. The zero-order valence-corrected chi connectivity index (χ0v) is 15.7. The lowest BCUT2D eigenvalue weighted by Gasteiger charge is -2.23. The van der Waals surface area contributed by atoms with Crippen molar-refractivity contribution in [2.24, 2.45) is 0 Å². The molecule has 1 fully saturated rings. The molecule has 1 saturated heterocycles. The zero-order valence-electron chi connectivity index (χ0n) is 14.8. The van der Waals surface area contributed by atoms with Crippen LogP contribution in [0.5, 0.6) is 5.75 Å². The number of hydrogen-bond acceptors (Lipinski definition) is 5. The number of nitrogens with one attached hydrogen (secondary N) is 1. The standard InChI is InChI=1S/C18H17F3N2O5S/c19-11-5-7-13(8-6-11)29(26,27)23-10-12(24)9-15(23)17(25)22-14-3-1-2-4-16(14)28-18(20)21/h1-8,12,15,18,24H,9-10H2,(H,22,25). The van der Waals surface area contributed by atoms with E-state index in [2.05, 4.69) is 10.1 Å². The molecular formula is C18H17F3N2O5S. The van der Waals surface area contributed by atoms with Crippen molar-refractivity contribution in [3.8, 4) is 5.75 Å². The predicted molar refractivity (Wildman–Crippen MR) is 96.4 cm³/mol. The van der Waals surface area contributed by atoms with Gasteiger partial charge in [0.15, 0.2) is 0 Å². The van der Waals surface area contributed by atoms with Gasteiger partial charge in [-0.15, -0.1) is 0 Å². The number of aliphatic hydroxyl groups excluding tert-OH is 1. The quantitative estimate of drug-likeness (QED) is 0.733. The van der Waals surface area contributed by atoms with Gasteiger partial charge in [0.05, 0.1) is 16.7 Å². The Hall–Kier alpha value is -2.63. The van der Waals surface area contributed by atoms with Crippen molar-refractivity contribution in [2.45, 2.75) is 30.1 Å². The molecule has 11 heteroatoms. The van der Waals surface area contributed by atoms with E-state index in [9.17, 15) is 31.5 Å². The molecule has 0 bridgehead atoms. The molecule has 2 aromatic carbocycles. The molecular weight excluding hydrogens is 413 g/mol. The van der Waals surface area contributed by atoms with Crippen LogP contribution in [-0.2, 0) is 14.8 Å². The van der Waals surface area contributed by atoms with E-state index in [1.807, 2.05) is 0 Å². The van der Waals surface area contributed by atoms with Gasteiger partial charge in [0.2, 0.25) is 15.9 Å². The Morgan fingerprint density at radius 2 is 1.83 bits per heavy atom. The lowest BCUT2D eigenvalue weighted by atomic mass is 10.2. The third-order valence-electron chi connectivity index (χ3n) is 4.32. The first kappa shape index (κ1) is 21.1. The van der Waals surface area contributed by atoms with Crippen molar-refractivity contribution < 1.29 is 36.2 Å². The molecule has 1 aliphatic rings. The number of rotatable bonds is 6. The summed E-state index contributed by atoms with van der Waals surface area (Å²) < 4.78 is 69.1. The molecule has 7 nitrogen and oxygen atoms in total. The summed E-state index contributed by atoms with van der Waals surface area (Å²) in [6.07, 6.45) is -1.29. The van der Waals surface area contributed by atoms with Crippen LogP contribution in [0, 0.1) is 5.82 Å². The van der Waals surface area contributed by atoms with E-state index in [0.717, 1.165) is 28.6 Å². The minimum Gasteiger partial charge on any atom is -0.433 e. The van der Waals surface area contributed by atoms with Crippen molar-refractivity contribution in [1.29, 1.82) is 0 Å². The highest BCUT2D eigenvalue weighted by Crippen LogP contribution is 2.30. The molecule has 0 radical (unpaired) electrons. The number of amides is 1. The lowest BCUT2D eigenvalue weighted by Crippen LogP contribution is -2.43. The number of ether oxygens (including phenoxy) is 1. The van der Waals surface area contributed by atoms with Gasteiger partial charge in [-0.05, 0) is 36.4 Å². The van der Waals surface area contributed by atoms with Crippen LogP contribution in [0.4, 0.5) is 18.9 Å². The van der Waals surface area contributed by atoms with Gasteiger partial charge in [-0.3, -0.25) is 4.79 Å². The number of aliphatic hydroxyl groups is 1. The fourth-order valence-corrected chi connectivity index (χ4v) is 4.65. The van der Waals surface area contributed by atoms with Crippen LogP contribution in [0.15, 0.2) is 53.4 Å². The number of nitrogens with zero attached hydrogens (tertiary/aromatic N) is 1. The number of para-hydroxylation sites is 2. The Morgan fingerprint density at radius 1 is 1.17 bits per heavy atom. The Labute approximate surface area is 164 Å². The van der Waals surface area contributed by atoms with Crippen LogP contribution in [0.1, 0.15) is 6.42 Å². The summed E-state index contributed by atoms with van der Waals surface area (Å²) in [5.41, 5.74) is -0.0710. The van der Waals surface area contributed by atoms with Crippen LogP contribution in [0.25, 0.3) is 0 Å². The molecule has 1 aliphatic heterocycles. The zero-order chi connectivity index (χ0) is 21.2. The number of carbonyl (C=O) groups is 1. The van der Waals surface area contributed by atoms with Gasteiger partial charge in [0.25, 0.3) is 0 Å². The number of sulfonamides is 1. The Balaban J connectivity index is 1.85. The average molecular weight is 430 g/mol. The second-order valence-corrected chi connectivity index (χ2v) is 8.19. The summed E-state index contributed by atoms with van der Waals surface area (Å²) in [7, 11) is -4.21. The van der Waals surface area contributed by atoms with Crippen LogP contribution in [-0.4, -0.2) is 49.0 Å². The number of halogens is 3. The van der Waals surface area contributed by atoms with Crippen LogP contribution >= 0.6 is 0 Å². The number of anilines is 1. The molecule has 2 atom stereocenters. The van der Waals surface area contributed by atoms with Gasteiger partial charge in [0, 0.05) is 13.0 Å². The average Bonchev–Trinajstić information content (AvgIpc) is 3.06. The second-order valence-electron chi connectivity index (χ2n) is 6.30. The van der Waals surface area contributed by atoms with E-state index in [1.54, 1.807) is 0 Å². The Bertz CT molecular complexity index is 985. The highest BCUT2D eigenvalue weighted by atomic mass is 32.2. The Morgan fingerprint density at radius 3 is 2.48 bits per heavy atom. The van der Waals surface area contributed by atoms with Gasteiger partial charge in [-0.1, -0.05) is 12.1 Å². The summed E-state index contributed by atoms with van der Waals surface area (Å²) in [6.45, 7) is -3.45. The summed E-state index contributed by atoms with van der Waals surface area (Å²) in [6, 6.07) is 8.19. The minimum absolute atomic E-state index is 0.0710. The van der Waals surface area contributed by atoms with Crippen LogP contribution < -0.4 is 10.1 Å². The minimum atomic E-state index is -4.21. The van der Waals surface area contributed by atoms with Gasteiger partial charge in [-0.25, -0.2) is 12.8 Å². The highest BCUT2D eigenvalue weighted by molar-refractivity contribution is 7.89. The van der Waals surface area contributed by atoms with Gasteiger partial charge in [-0.2, -0.15) is 13.1 Å². The van der Waals surface area contributed by atoms with Crippen molar-refractivity contribution in [2.75, 3.05) is 11.9 Å². The molecule has 0 spiro atoms. The number of carbonyl (C=O) groups excluding carboxylic acids is 1. The second kappa shape index (κ2) is 8.39. The first-order chi connectivity index (χ1) is 13.7. The molecule has 1 heterocycles. The van der Waals surface area contributed by atoms with Gasteiger partial charge >= 0.3 is 6.61 Å². The highest BCUT2D eigenvalue weighted by Gasteiger charge is 2.43. The molecule has 3 rings (SSSR count). The molecule has 1 amide bonds. The van der Waals surface area contributed by atoms with Crippen LogP contribution in [0.2, 0.25) is 0 Å². The van der Waals surface area contributed by atoms with E-state index in [-0.39, 0.29) is 29.3 Å². The fourth-order valence-electron chi connectivity index (χ4n) is 3.01. The SMILES string of the molecule is O=C(Nc1ccccc1OC(F)F)C1CC(O)CN1S(=O)(=O)c1ccc(F)cc1. The predicted octanol–water partition coefficient (Wildman–Crippen LogP) is 2.19. The molecule has 0 saturated carbocycles. The first-order valence-corrected chi connectivity index (χ1v) is 9.92. The Kier molecular flexibility index (Phi) is 6.10. The third kappa shape index (κ3) is 4.69. The summed E-state index contributed by atoms with van der Waals surface area (Å²) >= 11 is 0. The van der Waals surface area contributed by atoms with Crippen molar-refractivity contribution in [3.05, 3.63) is 54.3 Å². The molecule has 2 aromatic rings. The van der Waals surface area contributed by atoms with Crippen molar-refractivity contribution in [3.63, 3.8) is 0 Å². The smallest absolute Gasteiger partial charge is 0.387 e. The van der Waals surface area contributed by atoms with E-state index in [0.29, 0.717) is 0 Å². The maximum Gasteiger partial charge on any atom is 0.387 e. The lowest BCUT2D eigenvalue weighted by molar-refractivity contribution is -0.119. The van der Waals surface area contributed by atoms with E-state index < -0.39 is 40.5 Å². The van der Waals surface area contributed by atoms with Crippen molar-refractivity contribution >= 4 is 21.6 Å². The molecule has 2 unspecified atom stereocenters. The monoisotopic (exact) mass is 430 g/mol. The summed E-state index contributed by atoms with van der Waals surface area (Å²) in [5.74, 6) is -1.74. The maximum atomic E-state index is 13.1. The molecule has 156 valence electrons. The molecule has 0 aliphatic carbocycles. The topological polar surface area (TPSA) is 95.9 Å². The molecule has 2 N–H and O–H groups in total. The normalized spacial score (nSPS) is 20.0. The largest absolute Gasteiger partial charge is 0.433 e. The van der Waals surface area contributed by atoms with E-state index >= 15 is 0 Å². The first-order valence-electron chi connectivity index (χ1n) is 8.48.